The van der Waals surface area contributed by atoms with Crippen LogP contribution < -0.4 is 0 Å². The molecule has 0 N–H and O–H groups in total. The van der Waals surface area contributed by atoms with Gasteiger partial charge in [-0.1, -0.05) is 19.8 Å². The van der Waals surface area contributed by atoms with E-state index in [0.29, 0.717) is 0 Å². The smallest absolute Gasteiger partial charge is 0.211 e. The normalized spacial score (nSPS) is 12.4. The standard InChI is InChI=1S/C7H16NO2S/c1-4-5-6-7-8(2)11(3,9)10/h7H,4-6H2,1-3H3. The molecule has 0 saturated heterocycles. The Bertz CT molecular complexity index is 187. The number of unbranched alkanes of at least 4 members (excludes halogenated alkanes) is 2. The summed E-state index contributed by atoms with van der Waals surface area (Å²) in [5.74, 6) is 0. The molecule has 0 bridgehead atoms. The SMILES string of the molecule is CCCC[CH]N(C)S(C)(=O)=O. The third-order valence-corrected chi connectivity index (χ3v) is 2.66. The average Bonchev–Trinajstić information content (AvgIpc) is 1.86. The fraction of sp³-hybridized carbons (Fsp3) is 0.857. The summed E-state index contributed by atoms with van der Waals surface area (Å²) >= 11 is 0. The van der Waals surface area contributed by atoms with Crippen LogP contribution in [-0.4, -0.2) is 26.0 Å². The van der Waals surface area contributed by atoms with E-state index in [-0.39, 0.29) is 0 Å². The van der Waals surface area contributed by atoms with Gasteiger partial charge in [0.2, 0.25) is 10.0 Å². The van der Waals surface area contributed by atoms with Gasteiger partial charge in [0.05, 0.1) is 6.26 Å². The molecular weight excluding hydrogens is 162 g/mol. The summed E-state index contributed by atoms with van der Waals surface area (Å²) in [5.41, 5.74) is 0. The summed E-state index contributed by atoms with van der Waals surface area (Å²) in [6.07, 6.45) is 4.17. The molecule has 0 aliphatic carbocycles. The first-order valence-corrected chi connectivity index (χ1v) is 5.59. The quantitative estimate of drug-likeness (QED) is 0.594. The zero-order chi connectivity index (χ0) is 8.91. The van der Waals surface area contributed by atoms with Crippen molar-refractivity contribution in [2.45, 2.75) is 26.2 Å². The molecule has 0 aliphatic rings. The third kappa shape index (κ3) is 5.21. The number of hydrogen-bond donors (Lipinski definition) is 0. The lowest BCUT2D eigenvalue weighted by atomic mass is 10.2. The summed E-state index contributed by atoms with van der Waals surface area (Å²) in [6, 6.07) is 0. The molecule has 3 nitrogen and oxygen atoms in total. The van der Waals surface area contributed by atoms with Crippen molar-refractivity contribution in [1.29, 1.82) is 0 Å². The minimum absolute atomic E-state index is 0.833. The number of sulfonamides is 1. The molecule has 4 heteroatoms. The van der Waals surface area contributed by atoms with Crippen molar-refractivity contribution >= 4 is 10.0 Å². The first kappa shape index (κ1) is 10.9. The van der Waals surface area contributed by atoms with Gasteiger partial charge in [-0.25, -0.2) is 12.7 Å². The van der Waals surface area contributed by atoms with Crippen LogP contribution in [0.5, 0.6) is 0 Å². The van der Waals surface area contributed by atoms with Crippen LogP contribution in [0.1, 0.15) is 26.2 Å². The van der Waals surface area contributed by atoms with E-state index in [4.69, 9.17) is 0 Å². The van der Waals surface area contributed by atoms with Crippen LogP contribution in [0.15, 0.2) is 0 Å². The molecule has 0 aliphatic heterocycles. The number of hydrogen-bond acceptors (Lipinski definition) is 2. The Morgan fingerprint density at radius 1 is 1.45 bits per heavy atom. The first-order chi connectivity index (χ1) is 4.98. The molecule has 11 heavy (non-hydrogen) atoms. The number of rotatable bonds is 5. The van der Waals surface area contributed by atoms with Crippen LogP contribution in [-0.2, 0) is 10.0 Å². The molecule has 0 aromatic carbocycles. The highest BCUT2D eigenvalue weighted by molar-refractivity contribution is 7.88. The Morgan fingerprint density at radius 2 is 2.00 bits per heavy atom. The summed E-state index contributed by atoms with van der Waals surface area (Å²) in [6.45, 7) is 3.78. The average molecular weight is 178 g/mol. The Balaban J connectivity index is 3.62. The summed E-state index contributed by atoms with van der Waals surface area (Å²) in [7, 11) is -1.45. The maximum absolute atomic E-state index is 10.8. The minimum atomic E-state index is -3.01. The Kier molecular flexibility index (Phi) is 4.68. The van der Waals surface area contributed by atoms with Crippen LogP contribution in [0.3, 0.4) is 0 Å². The van der Waals surface area contributed by atoms with Crippen molar-refractivity contribution in [2.75, 3.05) is 13.3 Å². The van der Waals surface area contributed by atoms with Crippen molar-refractivity contribution in [1.82, 2.24) is 4.31 Å². The monoisotopic (exact) mass is 178 g/mol. The predicted molar refractivity (Wildman–Crippen MR) is 46.4 cm³/mol. The van der Waals surface area contributed by atoms with Crippen LogP contribution in [0.25, 0.3) is 0 Å². The van der Waals surface area contributed by atoms with Gasteiger partial charge in [0, 0.05) is 13.6 Å². The van der Waals surface area contributed by atoms with Gasteiger partial charge in [-0.3, -0.25) is 0 Å². The fourth-order valence-corrected chi connectivity index (χ4v) is 0.989. The fourth-order valence-electron chi connectivity index (χ4n) is 0.613. The van der Waals surface area contributed by atoms with Gasteiger partial charge in [-0.2, -0.15) is 0 Å². The third-order valence-electron chi connectivity index (χ3n) is 1.47. The Hall–Kier alpha value is -0.0900. The second-order valence-electron chi connectivity index (χ2n) is 2.60. The highest BCUT2D eigenvalue weighted by Gasteiger charge is 2.09. The molecule has 0 aromatic heterocycles. The summed E-state index contributed by atoms with van der Waals surface area (Å²) in [5, 5.41) is 0. The molecule has 0 unspecified atom stereocenters. The summed E-state index contributed by atoms with van der Waals surface area (Å²) < 4.78 is 22.9. The van der Waals surface area contributed by atoms with E-state index in [9.17, 15) is 8.42 Å². The van der Waals surface area contributed by atoms with Crippen LogP contribution in [0.2, 0.25) is 0 Å². The van der Waals surface area contributed by atoms with Gasteiger partial charge in [0.15, 0.2) is 0 Å². The molecule has 1 radical (unpaired) electrons. The molecule has 0 spiro atoms. The van der Waals surface area contributed by atoms with Crippen molar-refractivity contribution in [2.24, 2.45) is 0 Å². The lowest BCUT2D eigenvalue weighted by molar-refractivity contribution is 0.508. The van der Waals surface area contributed by atoms with Crippen molar-refractivity contribution in [3.63, 3.8) is 0 Å². The van der Waals surface area contributed by atoms with E-state index >= 15 is 0 Å². The Labute approximate surface area is 69.4 Å². The molecular formula is C7H16NO2S. The van der Waals surface area contributed by atoms with E-state index in [1.165, 1.54) is 10.6 Å². The molecule has 0 aromatic rings. The lowest BCUT2D eigenvalue weighted by Crippen LogP contribution is -2.22. The predicted octanol–water partition coefficient (Wildman–Crippen LogP) is 1.23. The minimum Gasteiger partial charge on any atom is -0.213 e. The molecule has 0 atom stereocenters. The Morgan fingerprint density at radius 3 is 2.36 bits per heavy atom. The molecule has 0 saturated carbocycles. The molecule has 0 fully saturated rings. The van der Waals surface area contributed by atoms with Gasteiger partial charge in [0.1, 0.15) is 0 Å². The molecule has 0 heterocycles. The highest BCUT2D eigenvalue weighted by atomic mass is 32.2. The van der Waals surface area contributed by atoms with Gasteiger partial charge >= 0.3 is 0 Å². The van der Waals surface area contributed by atoms with Crippen LogP contribution >= 0.6 is 0 Å². The van der Waals surface area contributed by atoms with E-state index in [1.807, 2.05) is 0 Å². The maximum Gasteiger partial charge on any atom is 0.211 e. The topological polar surface area (TPSA) is 37.4 Å². The first-order valence-electron chi connectivity index (χ1n) is 3.74. The van der Waals surface area contributed by atoms with E-state index in [1.54, 1.807) is 13.6 Å². The van der Waals surface area contributed by atoms with Gasteiger partial charge < -0.3 is 0 Å². The van der Waals surface area contributed by atoms with Gasteiger partial charge in [0.25, 0.3) is 0 Å². The second kappa shape index (κ2) is 4.72. The van der Waals surface area contributed by atoms with Gasteiger partial charge in [-0.15, -0.1) is 0 Å². The zero-order valence-electron chi connectivity index (χ0n) is 7.37. The summed E-state index contributed by atoms with van der Waals surface area (Å²) in [4.78, 5) is 0. The van der Waals surface area contributed by atoms with E-state index in [0.717, 1.165) is 19.3 Å². The van der Waals surface area contributed by atoms with Gasteiger partial charge in [-0.05, 0) is 6.42 Å². The van der Waals surface area contributed by atoms with Crippen molar-refractivity contribution in [3.05, 3.63) is 6.54 Å². The molecule has 67 valence electrons. The second-order valence-corrected chi connectivity index (χ2v) is 4.65. The van der Waals surface area contributed by atoms with Crippen molar-refractivity contribution < 1.29 is 8.42 Å². The highest BCUT2D eigenvalue weighted by Crippen LogP contribution is 2.04. The van der Waals surface area contributed by atoms with Crippen molar-refractivity contribution in [3.8, 4) is 0 Å². The largest absolute Gasteiger partial charge is 0.213 e. The molecule has 0 amide bonds. The van der Waals surface area contributed by atoms with E-state index < -0.39 is 10.0 Å². The van der Waals surface area contributed by atoms with Crippen LogP contribution in [0.4, 0.5) is 0 Å². The van der Waals surface area contributed by atoms with E-state index in [2.05, 4.69) is 6.92 Å². The lowest BCUT2D eigenvalue weighted by Gasteiger charge is -2.12. The van der Waals surface area contributed by atoms with Crippen LogP contribution in [0, 0.1) is 6.54 Å². The maximum atomic E-state index is 10.8. The number of nitrogens with zero attached hydrogens (tertiary/aromatic N) is 1. The zero-order valence-corrected chi connectivity index (χ0v) is 8.19. The molecule has 0 rings (SSSR count).